The Morgan fingerprint density at radius 1 is 1.33 bits per heavy atom. The molecule has 0 aliphatic carbocycles. The molecule has 0 radical (unpaired) electrons. The number of amides is 1. The van der Waals surface area contributed by atoms with E-state index >= 15 is 0 Å². The van der Waals surface area contributed by atoms with Crippen LogP contribution in [0.3, 0.4) is 0 Å². The van der Waals surface area contributed by atoms with Crippen molar-refractivity contribution in [2.24, 2.45) is 0 Å². The highest BCUT2D eigenvalue weighted by Gasteiger charge is 2.17. The zero-order chi connectivity index (χ0) is 18.6. The fourth-order valence-corrected chi connectivity index (χ4v) is 3.35. The Hall–Kier alpha value is -2.84. The molecule has 140 valence electrons. The normalized spacial score (nSPS) is 17.9. The maximum absolute atomic E-state index is 12.5. The van der Waals surface area contributed by atoms with Crippen LogP contribution in [0, 0.1) is 0 Å². The molecule has 0 bridgehead atoms. The van der Waals surface area contributed by atoms with Crippen molar-refractivity contribution in [2.75, 3.05) is 19.7 Å². The van der Waals surface area contributed by atoms with Crippen molar-refractivity contribution in [1.82, 2.24) is 30.6 Å². The lowest BCUT2D eigenvalue weighted by Crippen LogP contribution is -2.40. The van der Waals surface area contributed by atoms with Gasteiger partial charge in [0.15, 0.2) is 0 Å². The number of hydrogen-bond donors (Lipinski definition) is 2. The number of hydrogen-bond acceptors (Lipinski definition) is 6. The number of nitrogens with zero attached hydrogens (tertiary/aromatic N) is 4. The van der Waals surface area contributed by atoms with E-state index in [9.17, 15) is 4.79 Å². The first-order chi connectivity index (χ1) is 13.2. The number of carbonyl (C=O) groups is 1. The highest BCUT2D eigenvalue weighted by molar-refractivity contribution is 6.03. The van der Waals surface area contributed by atoms with Crippen LogP contribution in [0.1, 0.15) is 28.4 Å². The van der Waals surface area contributed by atoms with E-state index in [1.807, 2.05) is 12.1 Å². The summed E-state index contributed by atoms with van der Waals surface area (Å²) < 4.78 is 5.60. The van der Waals surface area contributed by atoms with Gasteiger partial charge in [-0.2, -0.15) is 10.3 Å². The van der Waals surface area contributed by atoms with Crippen LogP contribution in [-0.4, -0.2) is 57.0 Å². The molecule has 1 fully saturated rings. The van der Waals surface area contributed by atoms with E-state index in [2.05, 4.69) is 49.7 Å². The van der Waals surface area contributed by atoms with Gasteiger partial charge in [0.25, 0.3) is 5.91 Å². The number of aromatic nitrogens is 4. The SMILES string of the molecule is CC1CN(Cc2cccc(CNC(=O)c3ccnc4n[nH]nc34)c2)CCO1. The summed E-state index contributed by atoms with van der Waals surface area (Å²) in [5.41, 5.74) is 3.67. The molecule has 4 rings (SSSR count). The molecular weight excluding hydrogens is 344 g/mol. The topological polar surface area (TPSA) is 96.0 Å². The smallest absolute Gasteiger partial charge is 0.254 e. The average Bonchev–Trinajstić information content (AvgIpc) is 3.15. The number of aromatic amines is 1. The van der Waals surface area contributed by atoms with E-state index in [4.69, 9.17) is 4.74 Å². The van der Waals surface area contributed by atoms with Crippen LogP contribution in [0.5, 0.6) is 0 Å². The number of pyridine rings is 1. The van der Waals surface area contributed by atoms with Crippen molar-refractivity contribution in [3.63, 3.8) is 0 Å². The first-order valence-electron chi connectivity index (χ1n) is 9.04. The van der Waals surface area contributed by atoms with Crippen LogP contribution in [0.25, 0.3) is 11.2 Å². The number of morpholine rings is 1. The molecule has 1 aliphatic heterocycles. The highest BCUT2D eigenvalue weighted by atomic mass is 16.5. The number of nitrogens with one attached hydrogen (secondary N) is 2. The second kappa shape index (κ2) is 7.81. The summed E-state index contributed by atoms with van der Waals surface area (Å²) in [6, 6.07) is 9.95. The molecule has 8 nitrogen and oxygen atoms in total. The monoisotopic (exact) mass is 366 g/mol. The van der Waals surface area contributed by atoms with Crippen molar-refractivity contribution in [1.29, 1.82) is 0 Å². The molecule has 3 aromatic rings. The summed E-state index contributed by atoms with van der Waals surface area (Å²) >= 11 is 0. The molecule has 2 aromatic heterocycles. The van der Waals surface area contributed by atoms with Gasteiger partial charge in [-0.25, -0.2) is 4.98 Å². The van der Waals surface area contributed by atoms with Crippen molar-refractivity contribution in [3.8, 4) is 0 Å². The van der Waals surface area contributed by atoms with Crippen LogP contribution < -0.4 is 5.32 Å². The fourth-order valence-electron chi connectivity index (χ4n) is 3.35. The summed E-state index contributed by atoms with van der Waals surface area (Å²) in [5.74, 6) is -0.191. The minimum atomic E-state index is -0.191. The average molecular weight is 366 g/mol. The Balaban J connectivity index is 1.39. The lowest BCUT2D eigenvalue weighted by atomic mass is 10.1. The summed E-state index contributed by atoms with van der Waals surface area (Å²) in [4.78, 5) is 19.0. The first kappa shape index (κ1) is 17.6. The maximum Gasteiger partial charge on any atom is 0.254 e. The van der Waals surface area contributed by atoms with Crippen molar-refractivity contribution >= 4 is 17.1 Å². The molecule has 1 atom stereocenters. The quantitative estimate of drug-likeness (QED) is 0.710. The minimum Gasteiger partial charge on any atom is -0.376 e. The Bertz CT molecular complexity index is 941. The van der Waals surface area contributed by atoms with E-state index in [1.54, 1.807) is 12.3 Å². The molecule has 2 N–H and O–H groups in total. The zero-order valence-electron chi connectivity index (χ0n) is 15.2. The Morgan fingerprint density at radius 2 is 2.22 bits per heavy atom. The Kier molecular flexibility index (Phi) is 5.08. The molecule has 27 heavy (non-hydrogen) atoms. The lowest BCUT2D eigenvalue weighted by molar-refractivity contribution is -0.0212. The molecule has 0 spiro atoms. The highest BCUT2D eigenvalue weighted by Crippen LogP contribution is 2.13. The van der Waals surface area contributed by atoms with Crippen LogP contribution >= 0.6 is 0 Å². The molecule has 0 saturated carbocycles. The van der Waals surface area contributed by atoms with Gasteiger partial charge in [0.2, 0.25) is 5.65 Å². The van der Waals surface area contributed by atoms with E-state index in [-0.39, 0.29) is 12.0 Å². The molecular formula is C19H22N6O2. The van der Waals surface area contributed by atoms with Gasteiger partial charge in [-0.05, 0) is 24.1 Å². The van der Waals surface area contributed by atoms with Gasteiger partial charge in [-0.15, -0.1) is 5.10 Å². The Labute approximate surface area is 156 Å². The second-order valence-electron chi connectivity index (χ2n) is 6.77. The number of benzene rings is 1. The van der Waals surface area contributed by atoms with Crippen LogP contribution in [0.4, 0.5) is 0 Å². The predicted octanol–water partition coefficient (Wildman–Crippen LogP) is 1.50. The predicted molar refractivity (Wildman–Crippen MR) is 100.0 cm³/mol. The third-order valence-electron chi connectivity index (χ3n) is 4.64. The van der Waals surface area contributed by atoms with Gasteiger partial charge in [0.05, 0.1) is 18.3 Å². The van der Waals surface area contributed by atoms with Crippen molar-refractivity contribution in [3.05, 3.63) is 53.2 Å². The van der Waals surface area contributed by atoms with Gasteiger partial charge >= 0.3 is 0 Å². The number of rotatable bonds is 5. The minimum absolute atomic E-state index is 0.191. The largest absolute Gasteiger partial charge is 0.376 e. The van der Waals surface area contributed by atoms with Gasteiger partial charge in [0, 0.05) is 32.4 Å². The second-order valence-corrected chi connectivity index (χ2v) is 6.77. The summed E-state index contributed by atoms with van der Waals surface area (Å²) in [6.07, 6.45) is 1.83. The summed E-state index contributed by atoms with van der Waals surface area (Å²) in [7, 11) is 0. The molecule has 1 saturated heterocycles. The maximum atomic E-state index is 12.5. The van der Waals surface area contributed by atoms with Gasteiger partial charge in [-0.3, -0.25) is 9.69 Å². The molecule has 1 unspecified atom stereocenters. The standard InChI is InChI=1S/C19H22N6O2/c1-13-11-25(7-8-27-13)12-15-4-2-3-14(9-15)10-21-19(26)16-5-6-20-18-17(16)22-24-23-18/h2-6,9,13H,7-8,10-12H2,1H3,(H,21,26)(H,20,22,23,24). The molecule has 1 aliphatic rings. The molecule has 8 heteroatoms. The van der Waals surface area contributed by atoms with E-state index < -0.39 is 0 Å². The summed E-state index contributed by atoms with van der Waals surface area (Å²) in [5, 5.41) is 13.4. The third-order valence-corrected chi connectivity index (χ3v) is 4.64. The summed E-state index contributed by atoms with van der Waals surface area (Å²) in [6.45, 7) is 6.10. The van der Waals surface area contributed by atoms with Gasteiger partial charge in [0.1, 0.15) is 5.52 Å². The van der Waals surface area contributed by atoms with E-state index in [0.717, 1.165) is 31.8 Å². The van der Waals surface area contributed by atoms with Crippen molar-refractivity contribution in [2.45, 2.75) is 26.1 Å². The van der Waals surface area contributed by atoms with Crippen molar-refractivity contribution < 1.29 is 9.53 Å². The van der Waals surface area contributed by atoms with E-state index in [0.29, 0.717) is 23.3 Å². The molecule has 1 aromatic carbocycles. The zero-order valence-corrected chi connectivity index (χ0v) is 15.2. The third kappa shape index (κ3) is 4.12. The van der Waals surface area contributed by atoms with E-state index in [1.165, 1.54) is 5.56 Å². The molecule has 1 amide bonds. The fraction of sp³-hybridized carbons (Fsp3) is 0.368. The number of fused-ring (bicyclic) bond motifs is 1. The number of ether oxygens (including phenoxy) is 1. The molecule has 3 heterocycles. The van der Waals surface area contributed by atoms with Gasteiger partial charge in [-0.1, -0.05) is 24.3 Å². The first-order valence-corrected chi connectivity index (χ1v) is 9.04. The number of H-pyrrole nitrogens is 1. The Morgan fingerprint density at radius 3 is 3.11 bits per heavy atom. The van der Waals surface area contributed by atoms with Crippen LogP contribution in [-0.2, 0) is 17.8 Å². The van der Waals surface area contributed by atoms with Crippen LogP contribution in [0.2, 0.25) is 0 Å². The lowest BCUT2D eigenvalue weighted by Gasteiger charge is -2.31. The number of carbonyl (C=O) groups excluding carboxylic acids is 1. The van der Waals surface area contributed by atoms with Crippen LogP contribution in [0.15, 0.2) is 36.5 Å². The van der Waals surface area contributed by atoms with Gasteiger partial charge < -0.3 is 10.1 Å².